The first-order valence-electron chi connectivity index (χ1n) is 8.57. The van der Waals surface area contributed by atoms with Gasteiger partial charge in [0.1, 0.15) is 0 Å². The molecule has 0 aliphatic carbocycles. The maximum atomic E-state index is 12.7. The zero-order valence-corrected chi connectivity index (χ0v) is 16.8. The summed E-state index contributed by atoms with van der Waals surface area (Å²) in [5.74, 6) is 0.305. The number of nitrogens with one attached hydrogen (secondary N) is 2. The lowest BCUT2D eigenvalue weighted by Crippen LogP contribution is -2.44. The van der Waals surface area contributed by atoms with Crippen molar-refractivity contribution in [3.8, 4) is 0 Å². The topological polar surface area (TPSA) is 84.5 Å². The molecule has 25 heavy (non-hydrogen) atoms. The Bertz CT molecular complexity index is 676. The van der Waals surface area contributed by atoms with Crippen molar-refractivity contribution in [1.29, 1.82) is 0 Å². The number of hydrogen-bond donors (Lipinski definition) is 2. The molecule has 1 atom stereocenters. The molecule has 0 aliphatic rings. The van der Waals surface area contributed by atoms with E-state index in [1.165, 1.54) is 0 Å². The number of amides is 1. The summed E-state index contributed by atoms with van der Waals surface area (Å²) >= 11 is 0. The van der Waals surface area contributed by atoms with Gasteiger partial charge in [-0.15, -0.1) is 0 Å². The van der Waals surface area contributed by atoms with Crippen LogP contribution in [-0.2, 0) is 14.8 Å². The molecule has 1 unspecified atom stereocenters. The van der Waals surface area contributed by atoms with E-state index in [-0.39, 0.29) is 19.2 Å². The predicted octanol–water partition coefficient (Wildman–Crippen LogP) is 3.05. The lowest BCUT2D eigenvalue weighted by atomic mass is 10.0. The Balaban J connectivity index is 2.92. The van der Waals surface area contributed by atoms with E-state index in [0.717, 1.165) is 5.56 Å². The summed E-state index contributed by atoms with van der Waals surface area (Å²) in [7, 11) is -3.66. The quantitative estimate of drug-likeness (QED) is 0.736. The Kier molecular flexibility index (Phi) is 7.89. The molecule has 1 aromatic rings. The summed E-state index contributed by atoms with van der Waals surface area (Å²) in [4.78, 5) is 12.0. The highest BCUT2D eigenvalue weighted by Gasteiger charge is 2.22. The van der Waals surface area contributed by atoms with Crippen molar-refractivity contribution in [2.24, 2.45) is 5.92 Å². The van der Waals surface area contributed by atoms with E-state index in [0.29, 0.717) is 28.4 Å². The van der Waals surface area contributed by atoms with Crippen LogP contribution in [0.5, 0.6) is 0 Å². The van der Waals surface area contributed by atoms with Gasteiger partial charge in [0.25, 0.3) is 0 Å². The van der Waals surface area contributed by atoms with Crippen LogP contribution < -0.4 is 10.0 Å². The van der Waals surface area contributed by atoms with Crippen molar-refractivity contribution in [3.63, 3.8) is 0 Å². The fourth-order valence-electron chi connectivity index (χ4n) is 2.97. The number of aryl methyl sites for hydroxylation is 3. The first-order valence-corrected chi connectivity index (χ1v) is 10.1. The van der Waals surface area contributed by atoms with Crippen LogP contribution in [0, 0.1) is 26.7 Å². The summed E-state index contributed by atoms with van der Waals surface area (Å²) in [6.07, 6.45) is 0.114. The number of hydrogen-bond acceptors (Lipinski definition) is 4. The summed E-state index contributed by atoms with van der Waals surface area (Å²) in [5.41, 5.74) is 2.45. The van der Waals surface area contributed by atoms with E-state index in [1.54, 1.807) is 20.8 Å². The maximum Gasteiger partial charge on any atom is 0.407 e. The molecule has 0 aliphatic heterocycles. The summed E-state index contributed by atoms with van der Waals surface area (Å²) in [6.45, 7) is 11.7. The van der Waals surface area contributed by atoms with Crippen LogP contribution in [0.25, 0.3) is 0 Å². The summed E-state index contributed by atoms with van der Waals surface area (Å²) < 4.78 is 33.0. The van der Waals surface area contributed by atoms with Gasteiger partial charge >= 0.3 is 6.09 Å². The van der Waals surface area contributed by atoms with Crippen LogP contribution in [0.15, 0.2) is 17.0 Å². The van der Waals surface area contributed by atoms with Gasteiger partial charge in [-0.25, -0.2) is 17.9 Å². The van der Waals surface area contributed by atoms with Crippen LogP contribution >= 0.6 is 0 Å². The third-order valence-corrected chi connectivity index (χ3v) is 5.47. The lowest BCUT2D eigenvalue weighted by Gasteiger charge is -2.21. The average molecular weight is 371 g/mol. The number of carbonyl (C=O) groups is 1. The highest BCUT2D eigenvalue weighted by atomic mass is 32.2. The number of sulfonamides is 1. The van der Waals surface area contributed by atoms with Crippen LogP contribution in [0.2, 0.25) is 0 Å². The van der Waals surface area contributed by atoms with Crippen molar-refractivity contribution >= 4 is 16.1 Å². The Labute approximate surface area is 151 Å². The molecular formula is C18H30N2O4S. The molecule has 7 heteroatoms. The van der Waals surface area contributed by atoms with Gasteiger partial charge < -0.3 is 10.1 Å². The largest absolute Gasteiger partial charge is 0.450 e. The third kappa shape index (κ3) is 6.66. The van der Waals surface area contributed by atoms with Crippen molar-refractivity contribution in [1.82, 2.24) is 10.0 Å². The van der Waals surface area contributed by atoms with E-state index in [4.69, 9.17) is 4.74 Å². The SMILES string of the molecule is CCOC(=O)NC(CNS(=O)(=O)c1c(C)cc(C)cc1C)CC(C)C. The molecule has 0 radical (unpaired) electrons. The van der Waals surface area contributed by atoms with Gasteiger partial charge in [-0.3, -0.25) is 0 Å². The minimum absolute atomic E-state index is 0.117. The second kappa shape index (κ2) is 9.20. The second-order valence-corrected chi connectivity index (χ2v) is 8.47. The molecule has 1 rings (SSSR count). The number of carbonyl (C=O) groups excluding carboxylic acids is 1. The number of benzene rings is 1. The molecular weight excluding hydrogens is 340 g/mol. The van der Waals surface area contributed by atoms with E-state index in [2.05, 4.69) is 10.0 Å². The van der Waals surface area contributed by atoms with Gasteiger partial charge in [-0.2, -0.15) is 0 Å². The predicted molar refractivity (Wildman–Crippen MR) is 99.2 cm³/mol. The molecule has 6 nitrogen and oxygen atoms in total. The third-order valence-electron chi connectivity index (χ3n) is 3.75. The molecule has 142 valence electrons. The number of rotatable bonds is 8. The fraction of sp³-hybridized carbons (Fsp3) is 0.611. The molecule has 1 amide bonds. The molecule has 0 heterocycles. The normalized spacial score (nSPS) is 12.9. The van der Waals surface area contributed by atoms with Crippen LogP contribution in [0.3, 0.4) is 0 Å². The van der Waals surface area contributed by atoms with Crippen LogP contribution in [0.4, 0.5) is 4.79 Å². The van der Waals surface area contributed by atoms with Crippen LogP contribution in [-0.4, -0.2) is 33.7 Å². The Hall–Kier alpha value is -1.60. The molecule has 0 bridgehead atoms. The van der Waals surface area contributed by atoms with Crippen LogP contribution in [0.1, 0.15) is 43.9 Å². The average Bonchev–Trinajstić information content (AvgIpc) is 2.43. The second-order valence-electron chi connectivity index (χ2n) is 6.77. The fourth-order valence-corrected chi connectivity index (χ4v) is 4.51. The highest BCUT2D eigenvalue weighted by Crippen LogP contribution is 2.21. The van der Waals surface area contributed by atoms with Crippen molar-refractivity contribution in [2.45, 2.75) is 58.9 Å². The van der Waals surface area contributed by atoms with E-state index < -0.39 is 16.1 Å². The van der Waals surface area contributed by atoms with Crippen molar-refractivity contribution in [2.75, 3.05) is 13.2 Å². The van der Waals surface area contributed by atoms with Crippen molar-refractivity contribution < 1.29 is 17.9 Å². The minimum atomic E-state index is -3.66. The molecule has 0 aromatic heterocycles. The maximum absolute atomic E-state index is 12.7. The molecule has 1 aromatic carbocycles. The van der Waals surface area contributed by atoms with E-state index in [1.807, 2.05) is 32.9 Å². The lowest BCUT2D eigenvalue weighted by molar-refractivity contribution is 0.146. The minimum Gasteiger partial charge on any atom is -0.450 e. The smallest absolute Gasteiger partial charge is 0.407 e. The molecule has 0 saturated heterocycles. The van der Waals surface area contributed by atoms with E-state index in [9.17, 15) is 13.2 Å². The monoisotopic (exact) mass is 370 g/mol. The van der Waals surface area contributed by atoms with Gasteiger partial charge in [-0.05, 0) is 51.2 Å². The van der Waals surface area contributed by atoms with Gasteiger partial charge in [0.05, 0.1) is 11.5 Å². The van der Waals surface area contributed by atoms with Gasteiger partial charge in [0.15, 0.2) is 0 Å². The summed E-state index contributed by atoms with van der Waals surface area (Å²) in [6, 6.07) is 3.37. The molecule has 0 saturated carbocycles. The van der Waals surface area contributed by atoms with E-state index >= 15 is 0 Å². The van der Waals surface area contributed by atoms with Crippen molar-refractivity contribution in [3.05, 3.63) is 28.8 Å². The number of alkyl carbamates (subject to hydrolysis) is 1. The number of ether oxygens (including phenoxy) is 1. The Morgan fingerprint density at radius 1 is 1.16 bits per heavy atom. The van der Waals surface area contributed by atoms with Gasteiger partial charge in [-0.1, -0.05) is 31.5 Å². The molecule has 0 spiro atoms. The molecule has 2 N–H and O–H groups in total. The molecule has 0 fully saturated rings. The Morgan fingerprint density at radius 2 is 1.72 bits per heavy atom. The first-order chi connectivity index (χ1) is 11.6. The summed E-state index contributed by atoms with van der Waals surface area (Å²) in [5, 5.41) is 2.72. The standard InChI is InChI=1S/C18H30N2O4S/c1-7-24-18(21)20-16(8-12(2)3)11-19-25(22,23)17-14(5)9-13(4)10-15(17)6/h9-10,12,16,19H,7-8,11H2,1-6H3,(H,20,21). The zero-order chi connectivity index (χ0) is 19.2. The Morgan fingerprint density at radius 3 is 2.20 bits per heavy atom. The zero-order valence-electron chi connectivity index (χ0n) is 16.0. The van der Waals surface area contributed by atoms with Gasteiger partial charge in [0.2, 0.25) is 10.0 Å². The highest BCUT2D eigenvalue weighted by molar-refractivity contribution is 7.89. The van der Waals surface area contributed by atoms with Gasteiger partial charge in [0, 0.05) is 12.6 Å². The first kappa shape index (κ1) is 21.4.